The molecule has 1 aromatic carbocycles. The van der Waals surface area contributed by atoms with Crippen molar-refractivity contribution in [1.29, 1.82) is 0 Å². The molecule has 0 aliphatic carbocycles. The van der Waals surface area contributed by atoms with Gasteiger partial charge in [0, 0.05) is 11.0 Å². The van der Waals surface area contributed by atoms with Gasteiger partial charge < -0.3 is 0 Å². The van der Waals surface area contributed by atoms with Gasteiger partial charge >= 0.3 is 0 Å². The lowest BCUT2D eigenvalue weighted by Crippen LogP contribution is -1.90. The van der Waals surface area contributed by atoms with Gasteiger partial charge in [0.15, 0.2) is 0 Å². The molecule has 0 amide bonds. The normalized spacial score (nSPS) is 12.5. The molecule has 0 aliphatic heterocycles. The van der Waals surface area contributed by atoms with Crippen molar-refractivity contribution in [3.63, 3.8) is 0 Å². The standard InChI is InChI=1S/C10H11Cl/c1-8(9(2)11)10-6-4-3-5-7-10/h3-8H,2H2,1H3. The molecule has 1 atom stereocenters. The number of hydrogen-bond donors (Lipinski definition) is 0. The molecule has 0 nitrogen and oxygen atoms in total. The summed E-state index contributed by atoms with van der Waals surface area (Å²) >= 11 is 5.77. The van der Waals surface area contributed by atoms with E-state index in [9.17, 15) is 0 Å². The Morgan fingerprint density at radius 1 is 1.36 bits per heavy atom. The average molecular weight is 167 g/mol. The van der Waals surface area contributed by atoms with Crippen LogP contribution in [0.15, 0.2) is 41.9 Å². The predicted molar refractivity (Wildman–Crippen MR) is 49.9 cm³/mol. The highest BCUT2D eigenvalue weighted by atomic mass is 35.5. The molecule has 11 heavy (non-hydrogen) atoms. The summed E-state index contributed by atoms with van der Waals surface area (Å²) in [6.45, 7) is 5.74. The summed E-state index contributed by atoms with van der Waals surface area (Å²) in [7, 11) is 0. The second-order valence-corrected chi connectivity index (χ2v) is 3.06. The molecule has 0 spiro atoms. The van der Waals surface area contributed by atoms with Gasteiger partial charge in [-0.15, -0.1) is 0 Å². The minimum atomic E-state index is 0.248. The second kappa shape index (κ2) is 3.59. The lowest BCUT2D eigenvalue weighted by atomic mass is 10.0. The fourth-order valence-corrected chi connectivity index (χ4v) is 1.05. The van der Waals surface area contributed by atoms with Crippen molar-refractivity contribution in [2.24, 2.45) is 0 Å². The van der Waals surface area contributed by atoms with E-state index in [4.69, 9.17) is 11.6 Å². The number of allylic oxidation sites excluding steroid dienone is 1. The van der Waals surface area contributed by atoms with Gasteiger partial charge in [0.2, 0.25) is 0 Å². The SMILES string of the molecule is C=C(Cl)C(C)c1ccccc1. The van der Waals surface area contributed by atoms with Gasteiger partial charge in [-0.3, -0.25) is 0 Å². The van der Waals surface area contributed by atoms with E-state index in [2.05, 4.69) is 18.7 Å². The smallest absolute Gasteiger partial charge is 0.0181 e. The molecule has 0 saturated carbocycles. The highest BCUT2D eigenvalue weighted by molar-refractivity contribution is 6.29. The van der Waals surface area contributed by atoms with Crippen LogP contribution in [0.25, 0.3) is 0 Å². The van der Waals surface area contributed by atoms with E-state index < -0.39 is 0 Å². The Labute approximate surface area is 72.5 Å². The van der Waals surface area contributed by atoms with Crippen molar-refractivity contribution in [1.82, 2.24) is 0 Å². The third-order valence-electron chi connectivity index (χ3n) is 1.77. The molecule has 0 aromatic heterocycles. The Hall–Kier alpha value is -0.750. The van der Waals surface area contributed by atoms with Crippen LogP contribution in [-0.4, -0.2) is 0 Å². The lowest BCUT2D eigenvalue weighted by Gasteiger charge is -2.08. The van der Waals surface area contributed by atoms with Gasteiger partial charge in [-0.1, -0.05) is 55.4 Å². The van der Waals surface area contributed by atoms with Crippen LogP contribution < -0.4 is 0 Å². The Bertz CT molecular complexity index is 238. The van der Waals surface area contributed by atoms with Gasteiger partial charge in [0.05, 0.1) is 0 Å². The van der Waals surface area contributed by atoms with Gasteiger partial charge in [0.1, 0.15) is 0 Å². The maximum absolute atomic E-state index is 5.77. The predicted octanol–water partition coefficient (Wildman–Crippen LogP) is 3.54. The zero-order valence-corrected chi connectivity index (χ0v) is 7.31. The van der Waals surface area contributed by atoms with E-state index in [1.54, 1.807) is 0 Å². The topological polar surface area (TPSA) is 0 Å². The summed E-state index contributed by atoms with van der Waals surface area (Å²) in [6, 6.07) is 10.1. The fraction of sp³-hybridized carbons (Fsp3) is 0.200. The lowest BCUT2D eigenvalue weighted by molar-refractivity contribution is 0.951. The van der Waals surface area contributed by atoms with Crippen LogP contribution in [0.4, 0.5) is 0 Å². The molecule has 0 bridgehead atoms. The van der Waals surface area contributed by atoms with E-state index in [0.717, 1.165) is 0 Å². The zero-order valence-electron chi connectivity index (χ0n) is 6.55. The Kier molecular flexibility index (Phi) is 2.72. The average Bonchev–Trinajstić information content (AvgIpc) is 2.05. The minimum Gasteiger partial charge on any atom is -0.0891 e. The Morgan fingerprint density at radius 3 is 2.36 bits per heavy atom. The van der Waals surface area contributed by atoms with Crippen molar-refractivity contribution >= 4 is 11.6 Å². The summed E-state index contributed by atoms with van der Waals surface area (Å²) in [5, 5.41) is 0.691. The summed E-state index contributed by atoms with van der Waals surface area (Å²) in [4.78, 5) is 0. The van der Waals surface area contributed by atoms with Crippen molar-refractivity contribution in [3.05, 3.63) is 47.5 Å². The molecule has 0 aliphatic rings. The number of hydrogen-bond acceptors (Lipinski definition) is 0. The first-order valence-electron chi connectivity index (χ1n) is 3.61. The number of benzene rings is 1. The zero-order chi connectivity index (χ0) is 8.27. The summed E-state index contributed by atoms with van der Waals surface area (Å²) in [6.07, 6.45) is 0. The molecule has 0 fully saturated rings. The van der Waals surface area contributed by atoms with E-state index in [-0.39, 0.29) is 5.92 Å². The van der Waals surface area contributed by atoms with Crippen LogP contribution in [0.1, 0.15) is 18.4 Å². The van der Waals surface area contributed by atoms with Crippen molar-refractivity contribution < 1.29 is 0 Å². The van der Waals surface area contributed by atoms with Crippen LogP contribution in [0.3, 0.4) is 0 Å². The molecule has 0 radical (unpaired) electrons. The number of rotatable bonds is 2. The molecule has 0 saturated heterocycles. The quantitative estimate of drug-likeness (QED) is 0.631. The molecule has 0 N–H and O–H groups in total. The summed E-state index contributed by atoms with van der Waals surface area (Å²) in [5.41, 5.74) is 1.22. The van der Waals surface area contributed by atoms with Crippen LogP contribution in [0, 0.1) is 0 Å². The molecule has 1 aromatic rings. The van der Waals surface area contributed by atoms with E-state index >= 15 is 0 Å². The third kappa shape index (κ3) is 2.09. The fourth-order valence-electron chi connectivity index (χ4n) is 0.923. The van der Waals surface area contributed by atoms with Crippen molar-refractivity contribution in [3.8, 4) is 0 Å². The first kappa shape index (κ1) is 8.35. The monoisotopic (exact) mass is 166 g/mol. The third-order valence-corrected chi connectivity index (χ3v) is 2.10. The highest BCUT2D eigenvalue weighted by Crippen LogP contribution is 2.24. The molecule has 1 rings (SSSR count). The molecular formula is C10H11Cl. The molecule has 58 valence electrons. The second-order valence-electron chi connectivity index (χ2n) is 2.58. The van der Waals surface area contributed by atoms with Gasteiger partial charge in [-0.25, -0.2) is 0 Å². The molecule has 1 heteroatoms. The van der Waals surface area contributed by atoms with Crippen molar-refractivity contribution in [2.45, 2.75) is 12.8 Å². The van der Waals surface area contributed by atoms with Gasteiger partial charge in [-0.05, 0) is 5.56 Å². The van der Waals surface area contributed by atoms with Crippen LogP contribution in [0.2, 0.25) is 0 Å². The summed E-state index contributed by atoms with van der Waals surface area (Å²) < 4.78 is 0. The van der Waals surface area contributed by atoms with Crippen LogP contribution >= 0.6 is 11.6 Å². The maximum Gasteiger partial charge on any atom is 0.0181 e. The van der Waals surface area contributed by atoms with Crippen molar-refractivity contribution in [2.75, 3.05) is 0 Å². The molecular weight excluding hydrogens is 156 g/mol. The Morgan fingerprint density at radius 2 is 1.91 bits per heavy atom. The van der Waals surface area contributed by atoms with E-state index in [1.165, 1.54) is 5.56 Å². The molecule has 1 unspecified atom stereocenters. The Balaban J connectivity index is 2.85. The minimum absolute atomic E-state index is 0.248. The van der Waals surface area contributed by atoms with Gasteiger partial charge in [-0.2, -0.15) is 0 Å². The van der Waals surface area contributed by atoms with Crippen LogP contribution in [0.5, 0.6) is 0 Å². The highest BCUT2D eigenvalue weighted by Gasteiger charge is 2.05. The first-order valence-corrected chi connectivity index (χ1v) is 3.99. The largest absolute Gasteiger partial charge is 0.0891 e. The number of halogens is 1. The van der Waals surface area contributed by atoms with Crippen LogP contribution in [-0.2, 0) is 0 Å². The van der Waals surface area contributed by atoms with E-state index in [0.29, 0.717) is 5.03 Å². The first-order chi connectivity index (χ1) is 5.22. The summed E-state index contributed by atoms with van der Waals surface area (Å²) in [5.74, 6) is 0.248. The van der Waals surface area contributed by atoms with Gasteiger partial charge in [0.25, 0.3) is 0 Å². The van der Waals surface area contributed by atoms with E-state index in [1.807, 2.05) is 25.1 Å². The maximum atomic E-state index is 5.77. The molecule has 0 heterocycles.